The fraction of sp³-hybridized carbons (Fsp3) is 0.176. The molecule has 0 aromatic heterocycles. The molecule has 124 valence electrons. The van der Waals surface area contributed by atoms with Crippen LogP contribution < -0.4 is 9.64 Å². The molecule has 0 spiro atoms. The second kappa shape index (κ2) is 8.53. The van der Waals surface area contributed by atoms with E-state index in [1.807, 2.05) is 6.07 Å². The molecule has 0 heterocycles. The molecule has 0 bridgehead atoms. The van der Waals surface area contributed by atoms with E-state index in [1.54, 1.807) is 18.2 Å². The van der Waals surface area contributed by atoms with Crippen LogP contribution in [0.5, 0.6) is 5.75 Å². The lowest BCUT2D eigenvalue weighted by Gasteiger charge is -2.22. The minimum absolute atomic E-state index is 0.0635. The first-order valence-electron chi connectivity index (χ1n) is 7.02. The number of amides is 1. The largest absolute Gasteiger partial charge is 0.482 e. The number of nitriles is 1. The van der Waals surface area contributed by atoms with Gasteiger partial charge in [-0.1, -0.05) is 35.3 Å². The van der Waals surface area contributed by atoms with Crippen LogP contribution in [0, 0.1) is 17.1 Å². The number of anilines is 1. The van der Waals surface area contributed by atoms with Gasteiger partial charge in [-0.25, -0.2) is 4.39 Å². The van der Waals surface area contributed by atoms with E-state index >= 15 is 0 Å². The summed E-state index contributed by atoms with van der Waals surface area (Å²) in [7, 11) is 0. The maximum atomic E-state index is 13.9. The summed E-state index contributed by atoms with van der Waals surface area (Å²) in [6.45, 7) is -0.283. The lowest BCUT2D eigenvalue weighted by Crippen LogP contribution is -2.36. The lowest BCUT2D eigenvalue weighted by molar-refractivity contribution is -0.120. The molecule has 7 heteroatoms. The Morgan fingerprint density at radius 3 is 2.67 bits per heavy atom. The number of benzene rings is 2. The number of para-hydroxylation sites is 1. The first-order chi connectivity index (χ1) is 11.5. The molecule has 0 atom stereocenters. The van der Waals surface area contributed by atoms with Crippen LogP contribution in [0.25, 0.3) is 0 Å². The van der Waals surface area contributed by atoms with Gasteiger partial charge in [0, 0.05) is 11.6 Å². The molecule has 2 rings (SSSR count). The summed E-state index contributed by atoms with van der Waals surface area (Å²) in [5.41, 5.74) is 0.101. The molecule has 2 aromatic rings. The van der Waals surface area contributed by atoms with Crippen molar-refractivity contribution in [1.82, 2.24) is 0 Å². The number of halogens is 3. The minimum Gasteiger partial charge on any atom is -0.482 e. The van der Waals surface area contributed by atoms with E-state index in [-0.39, 0.29) is 30.3 Å². The van der Waals surface area contributed by atoms with Gasteiger partial charge < -0.3 is 9.64 Å². The third-order valence-electron chi connectivity index (χ3n) is 3.14. The third-order valence-corrected chi connectivity index (χ3v) is 3.67. The molecule has 24 heavy (non-hydrogen) atoms. The number of nitrogens with zero attached hydrogens (tertiary/aromatic N) is 2. The molecule has 2 aromatic carbocycles. The van der Waals surface area contributed by atoms with Gasteiger partial charge in [-0.05, 0) is 30.3 Å². The van der Waals surface area contributed by atoms with E-state index in [2.05, 4.69) is 0 Å². The lowest BCUT2D eigenvalue weighted by atomic mass is 10.2. The molecule has 0 N–H and O–H groups in total. The van der Waals surface area contributed by atoms with Crippen molar-refractivity contribution < 1.29 is 13.9 Å². The molecule has 0 unspecified atom stereocenters. The van der Waals surface area contributed by atoms with Gasteiger partial charge in [0.25, 0.3) is 5.91 Å². The van der Waals surface area contributed by atoms with Crippen LogP contribution in [0.1, 0.15) is 6.42 Å². The van der Waals surface area contributed by atoms with Gasteiger partial charge in [0.15, 0.2) is 6.61 Å². The Kier molecular flexibility index (Phi) is 6.42. The van der Waals surface area contributed by atoms with Gasteiger partial charge in [0.2, 0.25) is 0 Å². The molecular weight excluding hydrogens is 354 g/mol. The number of ether oxygens (including phenoxy) is 1. The van der Waals surface area contributed by atoms with Crippen LogP contribution in [0.2, 0.25) is 10.0 Å². The van der Waals surface area contributed by atoms with Crippen LogP contribution in [-0.2, 0) is 4.79 Å². The molecule has 0 radical (unpaired) electrons. The number of hydrogen-bond donors (Lipinski definition) is 0. The molecule has 4 nitrogen and oxygen atoms in total. The van der Waals surface area contributed by atoms with Crippen molar-refractivity contribution in [3.63, 3.8) is 0 Å². The van der Waals surface area contributed by atoms with Crippen LogP contribution >= 0.6 is 23.2 Å². The van der Waals surface area contributed by atoms with E-state index < -0.39 is 11.7 Å². The maximum absolute atomic E-state index is 13.9. The van der Waals surface area contributed by atoms with Crippen molar-refractivity contribution in [2.24, 2.45) is 0 Å². The smallest absolute Gasteiger partial charge is 0.265 e. The topological polar surface area (TPSA) is 53.3 Å². The Morgan fingerprint density at radius 1 is 1.25 bits per heavy atom. The number of rotatable bonds is 6. The molecule has 1 amide bonds. The molecule has 0 saturated heterocycles. The first-order valence-corrected chi connectivity index (χ1v) is 7.78. The molecule has 0 aliphatic carbocycles. The second-order valence-electron chi connectivity index (χ2n) is 4.77. The Morgan fingerprint density at radius 2 is 2.00 bits per heavy atom. The van der Waals surface area contributed by atoms with Gasteiger partial charge in [-0.2, -0.15) is 5.26 Å². The van der Waals surface area contributed by atoms with Crippen molar-refractivity contribution in [3.05, 3.63) is 58.3 Å². The highest BCUT2D eigenvalue weighted by atomic mass is 35.5. The van der Waals surface area contributed by atoms with Crippen LogP contribution in [0.15, 0.2) is 42.5 Å². The highest BCUT2D eigenvalue weighted by molar-refractivity contribution is 6.35. The normalized spacial score (nSPS) is 10.1. The fourth-order valence-corrected chi connectivity index (χ4v) is 2.48. The number of hydrogen-bond acceptors (Lipinski definition) is 3. The zero-order chi connectivity index (χ0) is 17.5. The standard InChI is InChI=1S/C17H13Cl2FN2O2/c18-12-6-7-16(13(19)10-12)24-11-17(23)22(9-3-8-21)15-5-2-1-4-14(15)20/h1-2,4-7,10H,3,9,11H2. The maximum Gasteiger partial charge on any atom is 0.265 e. The zero-order valence-corrected chi connectivity index (χ0v) is 14.0. The van der Waals surface area contributed by atoms with E-state index in [0.717, 1.165) is 0 Å². The first kappa shape index (κ1) is 18.1. The SMILES string of the molecule is N#CCCN(C(=O)COc1ccc(Cl)cc1Cl)c1ccccc1F. The predicted molar refractivity (Wildman–Crippen MR) is 90.9 cm³/mol. The van der Waals surface area contributed by atoms with Gasteiger partial charge in [0.1, 0.15) is 11.6 Å². The Labute approximate surface area is 149 Å². The summed E-state index contributed by atoms with van der Waals surface area (Å²) < 4.78 is 19.3. The predicted octanol–water partition coefficient (Wildman–Crippen LogP) is 4.46. The van der Waals surface area contributed by atoms with Gasteiger partial charge >= 0.3 is 0 Å². The average molecular weight is 367 g/mol. The molecule has 0 aliphatic rings. The van der Waals surface area contributed by atoms with E-state index in [0.29, 0.717) is 10.8 Å². The summed E-state index contributed by atoms with van der Waals surface area (Å²) in [6, 6.07) is 12.4. The molecule has 0 saturated carbocycles. The van der Waals surface area contributed by atoms with E-state index in [4.69, 9.17) is 33.2 Å². The van der Waals surface area contributed by atoms with Crippen LogP contribution in [-0.4, -0.2) is 19.1 Å². The summed E-state index contributed by atoms with van der Waals surface area (Å²) in [5.74, 6) is -0.738. The molecule has 0 fully saturated rings. The number of carbonyl (C=O) groups excluding carboxylic acids is 1. The summed E-state index contributed by atoms with van der Waals surface area (Å²) in [5, 5.41) is 9.45. The van der Waals surface area contributed by atoms with E-state index in [1.165, 1.54) is 29.2 Å². The second-order valence-corrected chi connectivity index (χ2v) is 5.61. The highest BCUT2D eigenvalue weighted by Gasteiger charge is 2.19. The van der Waals surface area contributed by atoms with Crippen molar-refractivity contribution >= 4 is 34.8 Å². The van der Waals surface area contributed by atoms with E-state index in [9.17, 15) is 9.18 Å². The molecular formula is C17H13Cl2FN2O2. The summed E-state index contributed by atoms with van der Waals surface area (Å²) in [4.78, 5) is 13.6. The third kappa shape index (κ3) is 4.60. The number of carbonyl (C=O) groups is 1. The quantitative estimate of drug-likeness (QED) is 0.758. The fourth-order valence-electron chi connectivity index (χ4n) is 2.02. The van der Waals surface area contributed by atoms with Gasteiger partial charge in [-0.15, -0.1) is 0 Å². The van der Waals surface area contributed by atoms with Crippen molar-refractivity contribution in [2.45, 2.75) is 6.42 Å². The highest BCUT2D eigenvalue weighted by Crippen LogP contribution is 2.27. The summed E-state index contributed by atoms with van der Waals surface area (Å²) >= 11 is 11.8. The Hall–Kier alpha value is -2.29. The van der Waals surface area contributed by atoms with Crippen LogP contribution in [0.3, 0.4) is 0 Å². The molecule has 0 aliphatic heterocycles. The van der Waals surface area contributed by atoms with Gasteiger partial charge in [0.05, 0.1) is 23.2 Å². The summed E-state index contributed by atoms with van der Waals surface area (Å²) in [6.07, 6.45) is 0.0712. The van der Waals surface area contributed by atoms with Crippen molar-refractivity contribution in [2.75, 3.05) is 18.1 Å². The van der Waals surface area contributed by atoms with Gasteiger partial charge in [-0.3, -0.25) is 4.79 Å². The average Bonchev–Trinajstić information content (AvgIpc) is 2.56. The monoisotopic (exact) mass is 366 g/mol. The minimum atomic E-state index is -0.548. The van der Waals surface area contributed by atoms with Crippen molar-refractivity contribution in [1.29, 1.82) is 5.26 Å². The Bertz CT molecular complexity index is 777. The zero-order valence-electron chi connectivity index (χ0n) is 12.5. The van der Waals surface area contributed by atoms with Crippen LogP contribution in [0.4, 0.5) is 10.1 Å². The Balaban J connectivity index is 2.13. The van der Waals surface area contributed by atoms with Crippen molar-refractivity contribution in [3.8, 4) is 11.8 Å².